The fourth-order valence-electron chi connectivity index (χ4n) is 3.12. The molecule has 0 spiro atoms. The zero-order valence-electron chi connectivity index (χ0n) is 14.9. The molecule has 1 aliphatic rings. The topological polar surface area (TPSA) is 128 Å². The van der Waals surface area contributed by atoms with Crippen LogP contribution < -0.4 is 16.1 Å². The Morgan fingerprint density at radius 3 is 2.69 bits per heavy atom. The van der Waals surface area contributed by atoms with Gasteiger partial charge in [0.25, 0.3) is 0 Å². The Kier molecular flexibility index (Phi) is 6.57. The predicted molar refractivity (Wildman–Crippen MR) is 93.1 cm³/mol. The first kappa shape index (κ1) is 19.7. The van der Waals surface area contributed by atoms with E-state index in [0.29, 0.717) is 12.8 Å². The van der Waals surface area contributed by atoms with E-state index in [-0.39, 0.29) is 30.5 Å². The second-order valence-corrected chi connectivity index (χ2v) is 7.00. The molecule has 0 aliphatic carbocycles. The van der Waals surface area contributed by atoms with Crippen LogP contribution in [-0.2, 0) is 27.3 Å². The van der Waals surface area contributed by atoms with Gasteiger partial charge in [-0.15, -0.1) is 0 Å². The normalized spacial score (nSPS) is 17.7. The average molecular weight is 363 g/mol. The maximum Gasteiger partial charge on any atom is 0.244 e. The molecular formula is C18H25N3O5. The largest absolute Gasteiger partial charge is 0.508 e. The van der Waals surface area contributed by atoms with Gasteiger partial charge in [-0.1, -0.05) is 19.9 Å². The molecule has 26 heavy (non-hydrogen) atoms. The Balaban J connectivity index is 2.12. The molecule has 0 radical (unpaired) electrons. The number of hydrogen-bond donors (Lipinski definition) is 5. The summed E-state index contributed by atoms with van der Waals surface area (Å²) in [4.78, 5) is 36.4. The van der Waals surface area contributed by atoms with Crippen LogP contribution in [0, 0.1) is 11.8 Å². The summed E-state index contributed by atoms with van der Waals surface area (Å²) >= 11 is 0. The highest BCUT2D eigenvalue weighted by atomic mass is 16.5. The summed E-state index contributed by atoms with van der Waals surface area (Å²) in [5.41, 5.74) is 3.20. The molecule has 3 amide bonds. The lowest BCUT2D eigenvalue weighted by atomic mass is 9.92. The number of carbonyl (C=O) groups excluding carboxylic acids is 3. The van der Waals surface area contributed by atoms with Crippen molar-refractivity contribution in [3.8, 4) is 5.75 Å². The molecule has 2 atom stereocenters. The Morgan fingerprint density at radius 1 is 1.31 bits per heavy atom. The Labute approximate surface area is 151 Å². The minimum absolute atomic E-state index is 0.118. The van der Waals surface area contributed by atoms with Gasteiger partial charge in [-0.25, -0.2) is 5.48 Å². The highest BCUT2D eigenvalue weighted by Crippen LogP contribution is 2.21. The number of phenolic OH excluding ortho intramolecular Hbond substituents is 1. The zero-order chi connectivity index (χ0) is 19.3. The molecule has 0 saturated heterocycles. The van der Waals surface area contributed by atoms with Crippen LogP contribution in [0.25, 0.3) is 0 Å². The SMILES string of the molecule is CC(C)C[C@H](CC(=O)NO)C(=O)N[C@H]1Cc2ccc(O)cc2CNC1=O. The van der Waals surface area contributed by atoms with Gasteiger partial charge in [0.15, 0.2) is 0 Å². The van der Waals surface area contributed by atoms with Crippen LogP contribution in [0.2, 0.25) is 0 Å². The molecule has 8 heteroatoms. The monoisotopic (exact) mass is 363 g/mol. The van der Waals surface area contributed by atoms with Gasteiger partial charge in [0.1, 0.15) is 11.8 Å². The number of benzene rings is 1. The van der Waals surface area contributed by atoms with Crippen LogP contribution in [0.4, 0.5) is 0 Å². The minimum Gasteiger partial charge on any atom is -0.508 e. The van der Waals surface area contributed by atoms with E-state index >= 15 is 0 Å². The first-order valence-corrected chi connectivity index (χ1v) is 8.62. The number of rotatable bonds is 6. The van der Waals surface area contributed by atoms with E-state index in [4.69, 9.17) is 5.21 Å². The number of carbonyl (C=O) groups is 3. The molecule has 1 heterocycles. The fraction of sp³-hybridized carbons (Fsp3) is 0.500. The van der Waals surface area contributed by atoms with Gasteiger partial charge in [0, 0.05) is 25.3 Å². The summed E-state index contributed by atoms with van der Waals surface area (Å²) in [6.45, 7) is 4.13. The summed E-state index contributed by atoms with van der Waals surface area (Å²) in [5, 5.41) is 23.8. The molecule has 0 fully saturated rings. The lowest BCUT2D eigenvalue weighted by Crippen LogP contribution is -2.49. The number of hydrogen-bond acceptors (Lipinski definition) is 5. The third kappa shape index (κ3) is 5.19. The van der Waals surface area contributed by atoms with Crippen molar-refractivity contribution in [2.75, 3.05) is 0 Å². The van der Waals surface area contributed by atoms with Gasteiger partial charge in [-0.2, -0.15) is 0 Å². The molecule has 0 aromatic heterocycles. The highest BCUT2D eigenvalue weighted by molar-refractivity contribution is 5.91. The number of aromatic hydroxyl groups is 1. The summed E-state index contributed by atoms with van der Waals surface area (Å²) in [6, 6.07) is 4.10. The van der Waals surface area contributed by atoms with Crippen molar-refractivity contribution < 1.29 is 24.7 Å². The van der Waals surface area contributed by atoms with Gasteiger partial charge < -0.3 is 15.7 Å². The molecule has 1 aliphatic heterocycles. The molecule has 0 unspecified atom stereocenters. The van der Waals surface area contributed by atoms with Crippen LogP contribution >= 0.6 is 0 Å². The van der Waals surface area contributed by atoms with Gasteiger partial charge >= 0.3 is 0 Å². The maximum absolute atomic E-state index is 12.6. The lowest BCUT2D eigenvalue weighted by Gasteiger charge is -2.22. The van der Waals surface area contributed by atoms with E-state index in [1.807, 2.05) is 13.8 Å². The molecule has 1 aromatic carbocycles. The van der Waals surface area contributed by atoms with E-state index in [2.05, 4.69) is 10.6 Å². The first-order valence-electron chi connectivity index (χ1n) is 8.62. The summed E-state index contributed by atoms with van der Waals surface area (Å²) in [7, 11) is 0. The number of hydroxylamine groups is 1. The van der Waals surface area contributed by atoms with Crippen LogP contribution in [0.5, 0.6) is 5.75 Å². The maximum atomic E-state index is 12.6. The second kappa shape index (κ2) is 8.66. The minimum atomic E-state index is -0.764. The van der Waals surface area contributed by atoms with Crippen LogP contribution in [0.3, 0.4) is 0 Å². The third-order valence-electron chi connectivity index (χ3n) is 4.38. The highest BCUT2D eigenvalue weighted by Gasteiger charge is 2.29. The van der Waals surface area contributed by atoms with E-state index in [1.54, 1.807) is 23.7 Å². The number of amides is 3. The van der Waals surface area contributed by atoms with Crippen LogP contribution in [0.1, 0.15) is 37.8 Å². The molecule has 1 aromatic rings. The van der Waals surface area contributed by atoms with E-state index in [0.717, 1.165) is 11.1 Å². The van der Waals surface area contributed by atoms with Crippen molar-refractivity contribution in [3.63, 3.8) is 0 Å². The molecule has 8 nitrogen and oxygen atoms in total. The zero-order valence-corrected chi connectivity index (χ0v) is 14.9. The second-order valence-electron chi connectivity index (χ2n) is 7.00. The third-order valence-corrected chi connectivity index (χ3v) is 4.38. The van der Waals surface area contributed by atoms with Crippen molar-refractivity contribution in [2.24, 2.45) is 11.8 Å². The van der Waals surface area contributed by atoms with E-state index < -0.39 is 23.8 Å². The van der Waals surface area contributed by atoms with Crippen molar-refractivity contribution in [1.29, 1.82) is 0 Å². The van der Waals surface area contributed by atoms with Crippen molar-refractivity contribution in [3.05, 3.63) is 29.3 Å². The number of phenols is 1. The molecule has 2 rings (SSSR count). The van der Waals surface area contributed by atoms with Gasteiger partial charge in [-0.3, -0.25) is 19.6 Å². The van der Waals surface area contributed by atoms with E-state index in [9.17, 15) is 19.5 Å². The van der Waals surface area contributed by atoms with Crippen LogP contribution in [0.15, 0.2) is 18.2 Å². The molecular weight excluding hydrogens is 338 g/mol. The van der Waals surface area contributed by atoms with Crippen molar-refractivity contribution >= 4 is 17.7 Å². The smallest absolute Gasteiger partial charge is 0.244 e. The number of nitrogens with one attached hydrogen (secondary N) is 3. The molecule has 0 saturated carbocycles. The Hall–Kier alpha value is -2.61. The van der Waals surface area contributed by atoms with Crippen LogP contribution in [-0.4, -0.2) is 34.1 Å². The summed E-state index contributed by atoms with van der Waals surface area (Å²) in [6.07, 6.45) is 0.602. The Bertz CT molecular complexity index is 689. The summed E-state index contributed by atoms with van der Waals surface area (Å²) in [5.74, 6) is -1.71. The van der Waals surface area contributed by atoms with Gasteiger partial charge in [-0.05, 0) is 35.6 Å². The quantitative estimate of drug-likeness (QED) is 0.374. The first-order chi connectivity index (χ1) is 12.3. The predicted octanol–water partition coefficient (Wildman–Crippen LogP) is 0.607. The van der Waals surface area contributed by atoms with E-state index in [1.165, 1.54) is 0 Å². The van der Waals surface area contributed by atoms with Gasteiger partial charge in [0.05, 0.1) is 0 Å². The fourth-order valence-corrected chi connectivity index (χ4v) is 3.12. The molecule has 142 valence electrons. The molecule has 5 N–H and O–H groups in total. The lowest BCUT2D eigenvalue weighted by molar-refractivity contribution is -0.136. The number of fused-ring (bicyclic) bond motifs is 1. The average Bonchev–Trinajstić information content (AvgIpc) is 2.73. The van der Waals surface area contributed by atoms with Crippen molar-refractivity contribution in [2.45, 2.75) is 45.7 Å². The summed E-state index contributed by atoms with van der Waals surface area (Å²) < 4.78 is 0. The Morgan fingerprint density at radius 2 is 2.04 bits per heavy atom. The van der Waals surface area contributed by atoms with Crippen molar-refractivity contribution in [1.82, 2.24) is 16.1 Å². The standard InChI is InChI=1S/C18H25N3O5/c1-10(2)5-12(8-16(23)21-26)17(24)20-15-7-11-3-4-14(22)6-13(11)9-19-18(15)25/h3-4,6,10,12,15,22,26H,5,7-9H2,1-2H3,(H,19,25)(H,20,24)(H,21,23)/t12-,15+/m1/s1. The molecule has 0 bridgehead atoms. The van der Waals surface area contributed by atoms with Gasteiger partial charge in [0.2, 0.25) is 17.7 Å².